The zero-order valence-corrected chi connectivity index (χ0v) is 16.1. The van der Waals surface area contributed by atoms with Gasteiger partial charge in [0.15, 0.2) is 0 Å². The molecule has 156 valence electrons. The molecule has 1 aliphatic carbocycles. The zero-order valence-electron chi connectivity index (χ0n) is 16.1. The van der Waals surface area contributed by atoms with E-state index >= 15 is 0 Å². The minimum Gasteiger partial charge on any atom is -0.481 e. The first-order chi connectivity index (χ1) is 13.5. The molecule has 4 nitrogen and oxygen atoms in total. The predicted octanol–water partition coefficient (Wildman–Crippen LogP) is 5.19. The van der Waals surface area contributed by atoms with Crippen molar-refractivity contribution in [3.63, 3.8) is 0 Å². The number of halogens is 4. The predicted molar refractivity (Wildman–Crippen MR) is 97.8 cm³/mol. The van der Waals surface area contributed by atoms with Gasteiger partial charge in [-0.05, 0) is 50.3 Å². The second-order valence-corrected chi connectivity index (χ2v) is 8.21. The molecule has 0 amide bonds. The second-order valence-electron chi connectivity index (χ2n) is 8.21. The second kappa shape index (κ2) is 7.43. The van der Waals surface area contributed by atoms with Gasteiger partial charge in [-0.1, -0.05) is 18.9 Å². The van der Waals surface area contributed by atoms with Crippen LogP contribution in [0.15, 0.2) is 23.2 Å². The van der Waals surface area contributed by atoms with Crippen molar-refractivity contribution in [2.75, 3.05) is 0 Å². The third-order valence-electron chi connectivity index (χ3n) is 6.28. The fourth-order valence-corrected chi connectivity index (χ4v) is 4.41. The SMILES string of the molecule is CC1=NC(CCC2CC2)C(C)(C(=O)O)C(c2ccc(F)cc2C(F)(F)F)C1C#N. The Balaban J connectivity index is 2.19. The molecular formula is C21H22F4N2O2. The minimum absolute atomic E-state index is 0.314. The van der Waals surface area contributed by atoms with Crippen LogP contribution in [0.5, 0.6) is 0 Å². The van der Waals surface area contributed by atoms with Crippen molar-refractivity contribution in [2.45, 2.75) is 57.7 Å². The summed E-state index contributed by atoms with van der Waals surface area (Å²) in [5.74, 6) is -4.34. The number of alkyl halides is 3. The third-order valence-corrected chi connectivity index (χ3v) is 6.28. The minimum atomic E-state index is -4.89. The van der Waals surface area contributed by atoms with Crippen molar-refractivity contribution >= 4 is 11.7 Å². The van der Waals surface area contributed by atoms with E-state index in [1.807, 2.05) is 6.07 Å². The number of nitriles is 1. The topological polar surface area (TPSA) is 73.4 Å². The van der Waals surface area contributed by atoms with Crippen LogP contribution in [-0.4, -0.2) is 22.8 Å². The molecule has 1 N–H and O–H groups in total. The van der Waals surface area contributed by atoms with Crippen molar-refractivity contribution in [2.24, 2.45) is 22.2 Å². The van der Waals surface area contributed by atoms with E-state index in [1.54, 1.807) is 6.92 Å². The molecule has 4 unspecified atom stereocenters. The Bertz CT molecular complexity index is 886. The summed E-state index contributed by atoms with van der Waals surface area (Å²) in [6.07, 6.45) is -1.62. The molecule has 0 radical (unpaired) electrons. The number of hydrogen-bond acceptors (Lipinski definition) is 3. The maximum absolute atomic E-state index is 13.7. The molecule has 4 atom stereocenters. The molecule has 1 fully saturated rings. The third kappa shape index (κ3) is 3.87. The van der Waals surface area contributed by atoms with Crippen molar-refractivity contribution in [1.29, 1.82) is 5.26 Å². The van der Waals surface area contributed by atoms with Gasteiger partial charge in [0, 0.05) is 11.6 Å². The molecule has 1 aromatic rings. The van der Waals surface area contributed by atoms with Crippen molar-refractivity contribution in [1.82, 2.24) is 0 Å². The first-order valence-electron chi connectivity index (χ1n) is 9.54. The molecule has 29 heavy (non-hydrogen) atoms. The van der Waals surface area contributed by atoms with Gasteiger partial charge in [-0.25, -0.2) is 4.39 Å². The molecule has 8 heteroatoms. The van der Waals surface area contributed by atoms with E-state index in [9.17, 15) is 32.7 Å². The van der Waals surface area contributed by atoms with Crippen LogP contribution in [0.25, 0.3) is 0 Å². The number of rotatable bonds is 5. The van der Waals surface area contributed by atoms with Gasteiger partial charge in [0.2, 0.25) is 0 Å². The largest absolute Gasteiger partial charge is 0.481 e. The van der Waals surface area contributed by atoms with Crippen LogP contribution in [0.2, 0.25) is 0 Å². The van der Waals surface area contributed by atoms with Gasteiger partial charge in [0.1, 0.15) is 5.82 Å². The van der Waals surface area contributed by atoms with Crippen LogP contribution in [0.4, 0.5) is 17.6 Å². The number of benzene rings is 1. The Hall–Kier alpha value is -2.43. The molecule has 1 aliphatic heterocycles. The van der Waals surface area contributed by atoms with Gasteiger partial charge in [0.05, 0.1) is 29.0 Å². The van der Waals surface area contributed by atoms with Gasteiger partial charge in [-0.2, -0.15) is 18.4 Å². The highest BCUT2D eigenvalue weighted by Gasteiger charge is 2.56. The van der Waals surface area contributed by atoms with E-state index < -0.39 is 46.8 Å². The average molecular weight is 410 g/mol. The lowest BCUT2D eigenvalue weighted by Crippen LogP contribution is -2.51. The van der Waals surface area contributed by atoms with Gasteiger partial charge in [-0.15, -0.1) is 0 Å². The van der Waals surface area contributed by atoms with Crippen molar-refractivity contribution < 1.29 is 27.5 Å². The first-order valence-corrected chi connectivity index (χ1v) is 9.54. The quantitative estimate of drug-likeness (QED) is 0.679. The van der Waals surface area contributed by atoms with Gasteiger partial charge in [0.25, 0.3) is 0 Å². The summed E-state index contributed by atoms with van der Waals surface area (Å²) in [7, 11) is 0. The van der Waals surface area contributed by atoms with E-state index in [1.165, 1.54) is 6.92 Å². The summed E-state index contributed by atoms with van der Waals surface area (Å²) in [6, 6.07) is 3.39. The summed E-state index contributed by atoms with van der Waals surface area (Å²) in [5, 5.41) is 19.8. The van der Waals surface area contributed by atoms with Crippen LogP contribution in [0.3, 0.4) is 0 Å². The molecule has 2 aliphatic rings. The Labute approximate surface area is 166 Å². The molecular weight excluding hydrogens is 388 g/mol. The Morgan fingerprint density at radius 2 is 2.00 bits per heavy atom. The van der Waals surface area contributed by atoms with E-state index in [2.05, 4.69) is 4.99 Å². The maximum Gasteiger partial charge on any atom is 0.416 e. The smallest absolute Gasteiger partial charge is 0.416 e. The molecule has 1 saturated carbocycles. The van der Waals surface area contributed by atoms with Crippen LogP contribution in [0, 0.1) is 34.4 Å². The van der Waals surface area contributed by atoms with Crippen LogP contribution < -0.4 is 0 Å². The van der Waals surface area contributed by atoms with Crippen molar-refractivity contribution in [3.05, 3.63) is 35.1 Å². The lowest BCUT2D eigenvalue weighted by atomic mass is 9.59. The van der Waals surface area contributed by atoms with Gasteiger partial charge >= 0.3 is 12.1 Å². The molecule has 1 heterocycles. The fraction of sp³-hybridized carbons (Fsp3) is 0.571. The number of carboxylic acids is 1. The fourth-order valence-electron chi connectivity index (χ4n) is 4.41. The number of nitrogens with zero attached hydrogens (tertiary/aromatic N) is 2. The normalized spacial score (nSPS) is 29.8. The summed E-state index contributed by atoms with van der Waals surface area (Å²) < 4.78 is 54.7. The average Bonchev–Trinajstić information content (AvgIpc) is 3.45. The van der Waals surface area contributed by atoms with Gasteiger partial charge < -0.3 is 5.11 Å². The summed E-state index contributed by atoms with van der Waals surface area (Å²) in [5.41, 5.74) is -3.03. The number of aliphatic carboxylic acids is 1. The Morgan fingerprint density at radius 3 is 2.52 bits per heavy atom. The number of hydrogen-bond donors (Lipinski definition) is 1. The number of carboxylic acid groups (broad SMARTS) is 1. The van der Waals surface area contributed by atoms with E-state index in [-0.39, 0.29) is 5.56 Å². The number of carbonyl (C=O) groups is 1. The lowest BCUT2D eigenvalue weighted by Gasteiger charge is -2.45. The highest BCUT2D eigenvalue weighted by molar-refractivity contribution is 5.92. The maximum atomic E-state index is 13.7. The standard InChI is InChI=1S/C21H22F4N2O2/c1-11-15(10-26)18(14-7-6-13(22)9-16(14)21(23,24)25)20(2,19(28)29)17(27-11)8-5-12-3-4-12/h6-7,9,12,15,17-18H,3-5,8H2,1-2H3,(H,28,29). The van der Waals surface area contributed by atoms with Crippen molar-refractivity contribution in [3.8, 4) is 6.07 Å². The van der Waals surface area contributed by atoms with Crippen LogP contribution in [-0.2, 0) is 11.0 Å². The van der Waals surface area contributed by atoms with Gasteiger partial charge in [-0.3, -0.25) is 9.79 Å². The highest BCUT2D eigenvalue weighted by Crippen LogP contribution is 2.53. The zero-order chi connectivity index (χ0) is 21.6. The lowest BCUT2D eigenvalue weighted by molar-refractivity contribution is -0.153. The molecule has 0 aromatic heterocycles. The molecule has 0 spiro atoms. The van der Waals surface area contributed by atoms with Crippen LogP contribution in [0.1, 0.15) is 56.6 Å². The molecule has 3 rings (SSSR count). The first kappa shape index (κ1) is 21.3. The number of aliphatic imine (C=N–C) groups is 1. The highest BCUT2D eigenvalue weighted by atomic mass is 19.4. The van der Waals surface area contributed by atoms with Crippen LogP contribution >= 0.6 is 0 Å². The summed E-state index contributed by atoms with van der Waals surface area (Å²) in [4.78, 5) is 16.8. The summed E-state index contributed by atoms with van der Waals surface area (Å²) >= 11 is 0. The monoisotopic (exact) mass is 410 g/mol. The summed E-state index contributed by atoms with van der Waals surface area (Å²) in [6.45, 7) is 2.91. The molecule has 1 aromatic carbocycles. The molecule has 0 bridgehead atoms. The van der Waals surface area contributed by atoms with E-state index in [0.717, 1.165) is 31.4 Å². The Kier molecular flexibility index (Phi) is 5.46. The van der Waals surface area contributed by atoms with E-state index in [0.29, 0.717) is 24.1 Å². The molecule has 0 saturated heterocycles. The Morgan fingerprint density at radius 1 is 1.34 bits per heavy atom. The van der Waals surface area contributed by atoms with E-state index in [4.69, 9.17) is 0 Å².